The van der Waals surface area contributed by atoms with Crippen LogP contribution in [-0.2, 0) is 0 Å². The second kappa shape index (κ2) is 7.09. The minimum Gasteiger partial charge on any atom is -0.393 e. The van der Waals surface area contributed by atoms with E-state index in [1.165, 1.54) is 0 Å². The molecule has 1 aromatic rings. The molecule has 19 heavy (non-hydrogen) atoms. The van der Waals surface area contributed by atoms with Crippen molar-refractivity contribution in [2.75, 3.05) is 25.5 Å². The number of aliphatic hydroxyl groups is 1. The molecule has 1 amide bonds. The number of hydrogen-bond acceptors (Lipinski definition) is 4. The summed E-state index contributed by atoms with van der Waals surface area (Å²) in [6, 6.07) is 3.54. The number of amides is 1. The van der Waals surface area contributed by atoms with Crippen LogP contribution in [0, 0.1) is 6.92 Å². The van der Waals surface area contributed by atoms with E-state index in [0.717, 1.165) is 18.1 Å². The molecular formula is C14H23N3O2. The molecule has 0 aliphatic carbocycles. The number of aliphatic hydroxyl groups excluding tert-OH is 1. The van der Waals surface area contributed by atoms with Crippen molar-refractivity contribution in [2.24, 2.45) is 0 Å². The number of aromatic nitrogens is 1. The summed E-state index contributed by atoms with van der Waals surface area (Å²) >= 11 is 0. The van der Waals surface area contributed by atoms with Gasteiger partial charge in [0.15, 0.2) is 0 Å². The molecular weight excluding hydrogens is 242 g/mol. The number of anilines is 1. The quantitative estimate of drug-likeness (QED) is 0.821. The second-order valence-electron chi connectivity index (χ2n) is 4.78. The van der Waals surface area contributed by atoms with Crippen LogP contribution in [0.5, 0.6) is 0 Å². The Kier molecular flexibility index (Phi) is 5.76. The molecule has 1 heterocycles. The van der Waals surface area contributed by atoms with E-state index in [1.54, 1.807) is 31.0 Å². The van der Waals surface area contributed by atoms with Crippen LogP contribution in [0.1, 0.15) is 36.3 Å². The molecule has 0 saturated heterocycles. The number of aryl methyl sites for hydroxylation is 1. The van der Waals surface area contributed by atoms with E-state index >= 15 is 0 Å². The van der Waals surface area contributed by atoms with E-state index in [0.29, 0.717) is 18.5 Å². The molecule has 0 spiro atoms. The predicted octanol–water partition coefficient (Wildman–Crippen LogP) is 1.66. The van der Waals surface area contributed by atoms with Gasteiger partial charge >= 0.3 is 0 Å². The first-order chi connectivity index (χ1) is 8.93. The highest BCUT2D eigenvalue weighted by atomic mass is 16.3. The molecule has 0 aliphatic rings. The molecule has 0 radical (unpaired) electrons. The van der Waals surface area contributed by atoms with Crippen molar-refractivity contribution in [2.45, 2.75) is 33.3 Å². The van der Waals surface area contributed by atoms with E-state index in [9.17, 15) is 9.90 Å². The van der Waals surface area contributed by atoms with Crippen molar-refractivity contribution in [3.05, 3.63) is 23.4 Å². The summed E-state index contributed by atoms with van der Waals surface area (Å²) in [6.07, 6.45) is 0.179. The molecule has 1 unspecified atom stereocenters. The molecule has 0 aliphatic heterocycles. The number of carbonyl (C=O) groups excluding carboxylic acids is 1. The van der Waals surface area contributed by atoms with E-state index in [-0.39, 0.29) is 5.91 Å². The second-order valence-corrected chi connectivity index (χ2v) is 4.78. The largest absolute Gasteiger partial charge is 0.393 e. The van der Waals surface area contributed by atoms with Gasteiger partial charge in [0.1, 0.15) is 5.82 Å². The Morgan fingerprint density at radius 2 is 2.21 bits per heavy atom. The lowest BCUT2D eigenvalue weighted by Crippen LogP contribution is -2.29. The van der Waals surface area contributed by atoms with Gasteiger partial charge < -0.3 is 15.3 Å². The Morgan fingerprint density at radius 3 is 2.79 bits per heavy atom. The van der Waals surface area contributed by atoms with Crippen molar-refractivity contribution in [1.29, 1.82) is 0 Å². The van der Waals surface area contributed by atoms with E-state index in [4.69, 9.17) is 0 Å². The Morgan fingerprint density at radius 1 is 1.53 bits per heavy atom. The van der Waals surface area contributed by atoms with E-state index in [2.05, 4.69) is 10.3 Å². The van der Waals surface area contributed by atoms with Crippen LogP contribution in [0.25, 0.3) is 0 Å². The summed E-state index contributed by atoms with van der Waals surface area (Å²) in [5.41, 5.74) is 1.43. The van der Waals surface area contributed by atoms with Gasteiger partial charge in [0.25, 0.3) is 5.91 Å². The Hall–Kier alpha value is -1.62. The zero-order chi connectivity index (χ0) is 14.4. The fourth-order valence-electron chi connectivity index (χ4n) is 1.77. The van der Waals surface area contributed by atoms with Crippen LogP contribution in [-0.4, -0.2) is 47.1 Å². The Bertz CT molecular complexity index is 433. The van der Waals surface area contributed by atoms with Crippen LogP contribution in [0.2, 0.25) is 0 Å². The third-order valence-corrected chi connectivity index (χ3v) is 2.79. The molecule has 1 aromatic heterocycles. The molecule has 0 fully saturated rings. The smallest absolute Gasteiger partial charge is 0.253 e. The highest BCUT2D eigenvalue weighted by Gasteiger charge is 2.13. The standard InChI is InChI=1S/C14H23N3O2/c1-5-15-13-9-12(8-10(2)16-13)14(19)17(4)7-6-11(3)18/h8-9,11,18H,5-7H2,1-4H3,(H,15,16). The summed E-state index contributed by atoms with van der Waals surface area (Å²) in [7, 11) is 1.74. The fourth-order valence-corrected chi connectivity index (χ4v) is 1.77. The maximum atomic E-state index is 12.3. The van der Waals surface area contributed by atoms with Crippen molar-refractivity contribution in [3.8, 4) is 0 Å². The molecule has 1 rings (SSSR count). The fraction of sp³-hybridized carbons (Fsp3) is 0.571. The molecule has 0 aromatic carbocycles. The van der Waals surface area contributed by atoms with Gasteiger partial charge in [-0.15, -0.1) is 0 Å². The third kappa shape index (κ3) is 4.87. The molecule has 0 bridgehead atoms. The average molecular weight is 265 g/mol. The van der Waals surface area contributed by atoms with Crippen LogP contribution < -0.4 is 5.32 Å². The summed E-state index contributed by atoms with van der Waals surface area (Å²) < 4.78 is 0. The highest BCUT2D eigenvalue weighted by Crippen LogP contribution is 2.12. The minimum atomic E-state index is -0.397. The topological polar surface area (TPSA) is 65.5 Å². The predicted molar refractivity (Wildman–Crippen MR) is 76.4 cm³/mol. The number of rotatable bonds is 6. The van der Waals surface area contributed by atoms with Gasteiger partial charge in [-0.25, -0.2) is 4.98 Å². The summed E-state index contributed by atoms with van der Waals surface area (Å²) in [5.74, 6) is 0.667. The van der Waals surface area contributed by atoms with Crippen LogP contribution in [0.15, 0.2) is 12.1 Å². The Balaban J connectivity index is 2.80. The molecule has 1 atom stereocenters. The zero-order valence-corrected chi connectivity index (χ0v) is 12.1. The van der Waals surface area contributed by atoms with Gasteiger partial charge in [0, 0.05) is 31.4 Å². The number of pyridine rings is 1. The van der Waals surface area contributed by atoms with Gasteiger partial charge in [0.05, 0.1) is 6.10 Å². The van der Waals surface area contributed by atoms with Crippen LogP contribution in [0.3, 0.4) is 0 Å². The van der Waals surface area contributed by atoms with Crippen molar-refractivity contribution >= 4 is 11.7 Å². The van der Waals surface area contributed by atoms with Crippen molar-refractivity contribution in [3.63, 3.8) is 0 Å². The molecule has 2 N–H and O–H groups in total. The van der Waals surface area contributed by atoms with Crippen LogP contribution >= 0.6 is 0 Å². The first kappa shape index (κ1) is 15.4. The number of nitrogens with zero attached hydrogens (tertiary/aromatic N) is 2. The molecule has 0 saturated carbocycles. The van der Waals surface area contributed by atoms with E-state index < -0.39 is 6.10 Å². The number of nitrogens with one attached hydrogen (secondary N) is 1. The number of hydrogen-bond donors (Lipinski definition) is 2. The van der Waals surface area contributed by atoms with Crippen molar-refractivity contribution in [1.82, 2.24) is 9.88 Å². The summed E-state index contributed by atoms with van der Waals surface area (Å²) in [4.78, 5) is 18.2. The zero-order valence-electron chi connectivity index (χ0n) is 12.1. The normalized spacial score (nSPS) is 12.1. The maximum absolute atomic E-state index is 12.3. The number of carbonyl (C=O) groups is 1. The minimum absolute atomic E-state index is 0.0506. The first-order valence-corrected chi connectivity index (χ1v) is 6.60. The average Bonchev–Trinajstić information content (AvgIpc) is 2.34. The van der Waals surface area contributed by atoms with Gasteiger partial charge in [-0.05, 0) is 39.3 Å². The monoisotopic (exact) mass is 265 g/mol. The SMILES string of the molecule is CCNc1cc(C(=O)N(C)CCC(C)O)cc(C)n1. The molecule has 106 valence electrons. The van der Waals surface area contributed by atoms with Gasteiger partial charge in [-0.1, -0.05) is 0 Å². The van der Waals surface area contributed by atoms with Gasteiger partial charge in [-0.3, -0.25) is 4.79 Å². The Labute approximate surface area is 114 Å². The van der Waals surface area contributed by atoms with Crippen LogP contribution in [0.4, 0.5) is 5.82 Å². The lowest BCUT2D eigenvalue weighted by Gasteiger charge is -2.18. The highest BCUT2D eigenvalue weighted by molar-refractivity contribution is 5.94. The molecule has 5 heteroatoms. The van der Waals surface area contributed by atoms with Gasteiger partial charge in [-0.2, -0.15) is 0 Å². The molecule has 5 nitrogen and oxygen atoms in total. The summed E-state index contributed by atoms with van der Waals surface area (Å²) in [6.45, 7) is 6.88. The van der Waals surface area contributed by atoms with Gasteiger partial charge in [0.2, 0.25) is 0 Å². The first-order valence-electron chi connectivity index (χ1n) is 6.60. The maximum Gasteiger partial charge on any atom is 0.253 e. The van der Waals surface area contributed by atoms with Crippen molar-refractivity contribution < 1.29 is 9.90 Å². The van der Waals surface area contributed by atoms with E-state index in [1.807, 2.05) is 13.8 Å². The lowest BCUT2D eigenvalue weighted by molar-refractivity contribution is 0.0769. The summed E-state index contributed by atoms with van der Waals surface area (Å²) in [5, 5.41) is 12.4. The third-order valence-electron chi connectivity index (χ3n) is 2.79. The lowest BCUT2D eigenvalue weighted by atomic mass is 10.2.